The fraction of sp³-hybridized carbons (Fsp3) is 0.545. The van der Waals surface area contributed by atoms with Crippen molar-refractivity contribution in [3.63, 3.8) is 0 Å². The molecule has 0 unspecified atom stereocenters. The van der Waals surface area contributed by atoms with Gasteiger partial charge >= 0.3 is 0 Å². The van der Waals surface area contributed by atoms with E-state index in [-0.39, 0.29) is 23.4 Å². The number of morpholine rings is 1. The molecule has 0 bridgehead atoms. The van der Waals surface area contributed by atoms with Gasteiger partial charge in [0.05, 0.1) is 19.4 Å². The molecule has 4 rings (SSSR count). The number of hydrogen-bond donors (Lipinski definition) is 2. The van der Waals surface area contributed by atoms with Crippen molar-refractivity contribution >= 4 is 23.5 Å². The third-order valence-corrected chi connectivity index (χ3v) is 5.85. The number of carbonyl (C=O) groups is 2. The molecule has 1 aliphatic heterocycles. The molecule has 0 spiro atoms. The first-order valence-electron chi connectivity index (χ1n) is 11.1. The first-order chi connectivity index (χ1) is 15.4. The molecule has 10 heteroatoms. The maximum atomic E-state index is 13.3. The molecule has 3 heterocycles. The van der Waals surface area contributed by atoms with Gasteiger partial charge < -0.3 is 20.1 Å². The van der Waals surface area contributed by atoms with E-state index in [2.05, 4.69) is 10.4 Å². The molecular formula is C22H29N5O5. The first-order valence-corrected chi connectivity index (χ1v) is 11.1. The summed E-state index contributed by atoms with van der Waals surface area (Å²) in [4.78, 5) is 40.2. The molecule has 10 nitrogen and oxygen atoms in total. The van der Waals surface area contributed by atoms with Crippen LogP contribution in [0.25, 0.3) is 11.7 Å². The Morgan fingerprint density at radius 1 is 1.31 bits per heavy atom. The minimum Gasteiger partial charge on any atom is -0.492 e. The zero-order chi connectivity index (χ0) is 22.8. The third-order valence-electron chi connectivity index (χ3n) is 5.85. The van der Waals surface area contributed by atoms with Gasteiger partial charge in [0.1, 0.15) is 5.65 Å². The zero-order valence-corrected chi connectivity index (χ0v) is 18.4. The average Bonchev–Trinajstić information content (AvgIpc) is 3.17. The molecule has 1 saturated heterocycles. The number of nitrogens with one attached hydrogen (secondary N) is 1. The van der Waals surface area contributed by atoms with Crippen molar-refractivity contribution in [1.29, 1.82) is 0 Å². The predicted octanol–water partition coefficient (Wildman–Crippen LogP) is 1.01. The molecule has 32 heavy (non-hydrogen) atoms. The highest BCUT2D eigenvalue weighted by Gasteiger charge is 2.28. The average molecular weight is 444 g/mol. The summed E-state index contributed by atoms with van der Waals surface area (Å²) >= 11 is 0. The van der Waals surface area contributed by atoms with E-state index in [4.69, 9.17) is 4.74 Å². The first kappa shape index (κ1) is 22.1. The quantitative estimate of drug-likeness (QED) is 0.644. The number of ether oxygens (including phenoxy) is 1. The topological polar surface area (TPSA) is 118 Å². The summed E-state index contributed by atoms with van der Waals surface area (Å²) in [5.74, 6) is -1.15. The SMILES string of the molecule is CC(C)Cn1c(=O)c(C(=O)NC2CCC2)c(O)n2ncc(/C=C/C(=O)N3CCOCC3)c12. The molecule has 0 atom stereocenters. The van der Waals surface area contributed by atoms with Crippen LogP contribution in [0.15, 0.2) is 17.1 Å². The van der Waals surface area contributed by atoms with Crippen LogP contribution in [0.4, 0.5) is 0 Å². The van der Waals surface area contributed by atoms with E-state index >= 15 is 0 Å². The number of aromatic hydroxyl groups is 1. The second kappa shape index (κ2) is 9.15. The summed E-state index contributed by atoms with van der Waals surface area (Å²) in [6.45, 7) is 6.30. The lowest BCUT2D eigenvalue weighted by Gasteiger charge is -2.26. The molecular weight excluding hydrogens is 414 g/mol. The van der Waals surface area contributed by atoms with Gasteiger partial charge in [-0.05, 0) is 31.3 Å². The van der Waals surface area contributed by atoms with Gasteiger partial charge in [-0.3, -0.25) is 19.0 Å². The minimum absolute atomic E-state index is 0.0258. The number of nitrogens with zero attached hydrogens (tertiary/aromatic N) is 4. The van der Waals surface area contributed by atoms with Gasteiger partial charge in [0.2, 0.25) is 11.8 Å². The highest BCUT2D eigenvalue weighted by Crippen LogP contribution is 2.23. The standard InChI is InChI=1S/C22H29N5O5/c1-14(2)13-26-20-15(6-7-17(28)25-8-10-32-11-9-25)12-23-27(20)22(31)18(21(26)30)19(29)24-16-4-3-5-16/h6-7,12,14,16,31H,3-5,8-11,13H2,1-2H3,(H,24,29)/b7-6+. The zero-order valence-electron chi connectivity index (χ0n) is 18.4. The molecule has 2 fully saturated rings. The highest BCUT2D eigenvalue weighted by atomic mass is 16.5. The van der Waals surface area contributed by atoms with Gasteiger partial charge in [-0.15, -0.1) is 0 Å². The van der Waals surface area contributed by atoms with E-state index in [1.807, 2.05) is 13.8 Å². The summed E-state index contributed by atoms with van der Waals surface area (Å²) in [7, 11) is 0. The largest absolute Gasteiger partial charge is 0.492 e. The summed E-state index contributed by atoms with van der Waals surface area (Å²) < 4.78 is 7.92. The second-order valence-corrected chi connectivity index (χ2v) is 8.72. The monoisotopic (exact) mass is 443 g/mol. The fourth-order valence-corrected chi connectivity index (χ4v) is 3.92. The van der Waals surface area contributed by atoms with Crippen molar-refractivity contribution < 1.29 is 19.4 Å². The summed E-state index contributed by atoms with van der Waals surface area (Å²) in [5.41, 5.74) is -0.0405. The Morgan fingerprint density at radius 3 is 2.66 bits per heavy atom. The number of hydrogen-bond acceptors (Lipinski definition) is 6. The Bertz CT molecular complexity index is 1110. The van der Waals surface area contributed by atoms with Crippen molar-refractivity contribution in [2.75, 3.05) is 26.3 Å². The van der Waals surface area contributed by atoms with Gasteiger partial charge in [-0.2, -0.15) is 9.61 Å². The third kappa shape index (κ3) is 4.27. The lowest BCUT2D eigenvalue weighted by Crippen LogP contribution is -2.43. The van der Waals surface area contributed by atoms with Crippen LogP contribution in [0.1, 0.15) is 49.0 Å². The lowest BCUT2D eigenvalue weighted by molar-refractivity contribution is -0.129. The number of amides is 2. The normalized spacial score (nSPS) is 17.3. The molecule has 0 aromatic carbocycles. The van der Waals surface area contributed by atoms with Gasteiger partial charge in [-0.1, -0.05) is 13.8 Å². The van der Waals surface area contributed by atoms with Crippen LogP contribution >= 0.6 is 0 Å². The van der Waals surface area contributed by atoms with Gasteiger partial charge in [0, 0.05) is 37.3 Å². The van der Waals surface area contributed by atoms with E-state index in [9.17, 15) is 19.5 Å². The van der Waals surface area contributed by atoms with Crippen LogP contribution in [0.2, 0.25) is 0 Å². The van der Waals surface area contributed by atoms with E-state index in [0.717, 1.165) is 19.3 Å². The summed E-state index contributed by atoms with van der Waals surface area (Å²) in [6.07, 6.45) is 7.25. The molecule has 1 saturated carbocycles. The van der Waals surface area contributed by atoms with Crippen molar-refractivity contribution in [3.8, 4) is 5.88 Å². The molecule has 2 aromatic rings. The second-order valence-electron chi connectivity index (χ2n) is 8.72. The van der Waals surface area contributed by atoms with Crippen molar-refractivity contribution in [1.82, 2.24) is 24.4 Å². The number of carbonyl (C=O) groups excluding carboxylic acids is 2. The highest BCUT2D eigenvalue weighted by molar-refractivity contribution is 5.97. The Labute approximate surface area is 185 Å². The molecule has 2 aliphatic rings. The molecule has 2 aromatic heterocycles. The summed E-state index contributed by atoms with van der Waals surface area (Å²) in [6, 6.07) is 0.0258. The number of fused-ring (bicyclic) bond motifs is 1. The van der Waals surface area contributed by atoms with E-state index in [0.29, 0.717) is 44.1 Å². The van der Waals surface area contributed by atoms with Crippen LogP contribution < -0.4 is 10.9 Å². The Balaban J connectivity index is 1.74. The molecule has 1 aliphatic carbocycles. The Kier molecular flexibility index (Phi) is 6.31. The maximum Gasteiger partial charge on any atom is 0.270 e. The van der Waals surface area contributed by atoms with E-state index in [1.165, 1.54) is 21.4 Å². The van der Waals surface area contributed by atoms with Gasteiger partial charge in [0.25, 0.3) is 11.5 Å². The minimum atomic E-state index is -0.591. The number of aromatic nitrogens is 3. The van der Waals surface area contributed by atoms with Crippen molar-refractivity contribution in [2.45, 2.75) is 45.7 Å². The predicted molar refractivity (Wildman–Crippen MR) is 117 cm³/mol. The molecule has 0 radical (unpaired) electrons. The van der Waals surface area contributed by atoms with Gasteiger partial charge in [-0.25, -0.2) is 0 Å². The van der Waals surface area contributed by atoms with Crippen molar-refractivity contribution in [2.24, 2.45) is 5.92 Å². The van der Waals surface area contributed by atoms with E-state index < -0.39 is 17.3 Å². The Morgan fingerprint density at radius 2 is 2.03 bits per heavy atom. The fourth-order valence-electron chi connectivity index (χ4n) is 3.92. The molecule has 2 amide bonds. The maximum absolute atomic E-state index is 13.3. The van der Waals surface area contributed by atoms with Crippen LogP contribution in [-0.4, -0.2) is 68.3 Å². The van der Waals surface area contributed by atoms with Crippen LogP contribution in [0.3, 0.4) is 0 Å². The van der Waals surface area contributed by atoms with Crippen LogP contribution in [0, 0.1) is 5.92 Å². The molecule has 2 N–H and O–H groups in total. The lowest BCUT2D eigenvalue weighted by atomic mass is 9.93. The molecule has 172 valence electrons. The Hall–Kier alpha value is -3.14. The van der Waals surface area contributed by atoms with Crippen molar-refractivity contribution in [3.05, 3.63) is 33.8 Å². The van der Waals surface area contributed by atoms with Crippen LogP contribution in [0.5, 0.6) is 5.88 Å². The van der Waals surface area contributed by atoms with E-state index in [1.54, 1.807) is 11.0 Å². The summed E-state index contributed by atoms with van der Waals surface area (Å²) in [5, 5.41) is 17.8. The van der Waals surface area contributed by atoms with Gasteiger partial charge in [0.15, 0.2) is 5.56 Å². The smallest absolute Gasteiger partial charge is 0.270 e. The van der Waals surface area contributed by atoms with Crippen LogP contribution in [-0.2, 0) is 16.1 Å². The number of rotatable bonds is 6.